The summed E-state index contributed by atoms with van der Waals surface area (Å²) in [5, 5.41) is 0. The molecule has 0 radical (unpaired) electrons. The molecule has 3 nitrogen and oxygen atoms in total. The van der Waals surface area contributed by atoms with Crippen LogP contribution >= 0.6 is 0 Å². The minimum atomic E-state index is -0.0394. The summed E-state index contributed by atoms with van der Waals surface area (Å²) in [4.78, 5) is 7.40. The van der Waals surface area contributed by atoms with Crippen molar-refractivity contribution in [3.8, 4) is 55.6 Å². The SMILES string of the molecule is CC1(C)c2ccccc2-c2ccc(N(c3ccc(-c4ccccc4)cc3)c3ccc(C4CCCCCCCCCCC4)cc3)cc21.CC1(C)c2ccccc2-c2ccc(N(c3ccccc3)c3ccc(C4CCCCCCCCCCC4)cc3)cc21.CCCC1(CCC)c2ccccc2-c2ccc(N(c3ccc(-c4ccccc4)cc3)c3ccc(C4CCCCCCCCCCC4)cc3)cc21. The summed E-state index contributed by atoms with van der Waals surface area (Å²) in [6.45, 7) is 14.2. The van der Waals surface area contributed by atoms with E-state index < -0.39 is 0 Å². The molecule has 0 amide bonds. The molecule has 698 valence electrons. The molecule has 136 heavy (non-hydrogen) atoms. The molecule has 3 saturated carbocycles. The topological polar surface area (TPSA) is 9.72 Å². The van der Waals surface area contributed by atoms with Crippen LogP contribution in [0.3, 0.4) is 0 Å². The van der Waals surface area contributed by atoms with Gasteiger partial charge in [-0.3, -0.25) is 0 Å². The summed E-state index contributed by atoms with van der Waals surface area (Å²) in [6, 6.07) is 128. The molecule has 0 spiro atoms. The standard InChI is InChI=1S/C49H57N.C45H49N.C39H45N/c1-3-35-49(36-4-2)47-24-18-17-23-45(47)46-34-33-44(37-48(46)49)50(43-31-27-41(28-32-43)39-21-15-12-16-22-39)42-29-25-40(26-30-42)38-19-13-10-8-6-5-7-9-11-14-20-38;1-45(2)43-22-16-15-21-41(43)42-32-31-40(33-44(42)45)46(39-29-25-37(26-30-39)35-19-13-10-14-20-35)38-27-23-36(24-28-38)34-17-11-8-6-4-3-5-7-9-12-18-34;1-39(2)37-22-16-15-21-35(37)36-28-27-34(29-38(36)39)40(32-19-13-10-14-20-32)33-25-23-31(24-26-33)30-17-11-8-6-4-3-5-7-9-12-18-30/h12,15-18,21-34,37-38H,3-11,13-14,19-20,35-36H2,1-2H3;10,13-16,19-34H,3-9,11-12,17-18H2,1-2H3;10,13-16,19-30H,3-9,11-12,17-18H2,1-2H3. The van der Waals surface area contributed by atoms with E-state index in [9.17, 15) is 0 Å². The number of rotatable bonds is 18. The molecular formula is C133H151N3. The lowest BCUT2D eigenvalue weighted by atomic mass is 9.71. The third kappa shape index (κ3) is 21.7. The molecule has 0 atom stereocenters. The van der Waals surface area contributed by atoms with Crippen LogP contribution < -0.4 is 14.7 Å². The molecule has 0 aromatic heterocycles. The van der Waals surface area contributed by atoms with Gasteiger partial charge in [-0.1, -0.05) is 458 Å². The molecule has 3 fully saturated rings. The van der Waals surface area contributed by atoms with E-state index in [1.807, 2.05) is 0 Å². The molecular weight excluding hydrogens is 1640 g/mol. The Morgan fingerprint density at radius 2 is 0.404 bits per heavy atom. The van der Waals surface area contributed by atoms with E-state index in [2.05, 4.69) is 396 Å². The third-order valence-electron chi connectivity index (χ3n) is 32.2. The van der Waals surface area contributed by atoms with Crippen LogP contribution in [0.25, 0.3) is 55.6 Å². The first kappa shape index (κ1) is 94.8. The molecule has 0 heterocycles. The van der Waals surface area contributed by atoms with Crippen LogP contribution in [-0.2, 0) is 16.2 Å². The summed E-state index contributed by atoms with van der Waals surface area (Å²) in [7, 11) is 0. The van der Waals surface area contributed by atoms with E-state index in [1.54, 1.807) is 0 Å². The van der Waals surface area contributed by atoms with Crippen molar-refractivity contribution >= 4 is 51.2 Å². The lowest BCUT2D eigenvalue weighted by Gasteiger charge is -2.33. The monoisotopic (exact) mass is 1790 g/mol. The van der Waals surface area contributed by atoms with Crippen molar-refractivity contribution in [2.75, 3.05) is 14.7 Å². The predicted molar refractivity (Wildman–Crippen MR) is 586 cm³/mol. The van der Waals surface area contributed by atoms with Gasteiger partial charge in [-0.05, 0) is 284 Å². The third-order valence-corrected chi connectivity index (χ3v) is 32.2. The summed E-state index contributed by atoms with van der Waals surface area (Å²) < 4.78 is 0. The molecule has 0 aliphatic heterocycles. The van der Waals surface area contributed by atoms with Gasteiger partial charge in [0.2, 0.25) is 0 Å². The number of anilines is 9. The van der Waals surface area contributed by atoms with E-state index in [4.69, 9.17) is 0 Å². The van der Waals surface area contributed by atoms with Crippen molar-refractivity contribution in [1.29, 1.82) is 0 Å². The zero-order chi connectivity index (χ0) is 92.9. The largest absolute Gasteiger partial charge is 0.310 e. The highest BCUT2D eigenvalue weighted by atomic mass is 15.2. The number of para-hydroxylation sites is 1. The van der Waals surface area contributed by atoms with Gasteiger partial charge in [0.25, 0.3) is 0 Å². The Balaban J connectivity index is 0.000000137. The molecule has 0 saturated heterocycles. The highest BCUT2D eigenvalue weighted by Gasteiger charge is 2.43. The number of hydrogen-bond acceptors (Lipinski definition) is 3. The lowest BCUT2D eigenvalue weighted by molar-refractivity contribution is 0.436. The van der Waals surface area contributed by atoms with E-state index in [-0.39, 0.29) is 16.2 Å². The molecule has 0 unspecified atom stereocenters. The zero-order valence-electron chi connectivity index (χ0n) is 83.1. The van der Waals surface area contributed by atoms with Crippen LogP contribution in [0.2, 0.25) is 0 Å². The molecule has 0 bridgehead atoms. The molecule has 6 aliphatic rings. The summed E-state index contributed by atoms with van der Waals surface area (Å²) in [6.07, 6.45) is 50.6. The molecule has 14 aromatic rings. The van der Waals surface area contributed by atoms with Gasteiger partial charge in [0.15, 0.2) is 0 Å². The van der Waals surface area contributed by atoms with E-state index in [0.29, 0.717) is 17.8 Å². The fourth-order valence-electron chi connectivity index (χ4n) is 24.7. The number of benzene rings is 14. The Kier molecular flexibility index (Phi) is 31.8. The van der Waals surface area contributed by atoms with Gasteiger partial charge in [0, 0.05) is 67.4 Å². The van der Waals surface area contributed by atoms with Gasteiger partial charge in [0.1, 0.15) is 0 Å². The second-order valence-electron chi connectivity index (χ2n) is 42.0. The van der Waals surface area contributed by atoms with Crippen LogP contribution in [0, 0.1) is 0 Å². The first-order valence-electron chi connectivity index (χ1n) is 53.7. The summed E-state index contributed by atoms with van der Waals surface area (Å²) in [5.41, 5.74) is 37.6. The van der Waals surface area contributed by atoms with Gasteiger partial charge in [-0.2, -0.15) is 0 Å². The van der Waals surface area contributed by atoms with Crippen LogP contribution in [0.15, 0.2) is 340 Å². The second kappa shape index (κ2) is 45.6. The molecule has 6 aliphatic carbocycles. The van der Waals surface area contributed by atoms with Crippen molar-refractivity contribution in [2.45, 2.75) is 313 Å². The average Bonchev–Trinajstić information content (AvgIpc) is 1.57. The van der Waals surface area contributed by atoms with Gasteiger partial charge in [-0.15, -0.1) is 0 Å². The van der Waals surface area contributed by atoms with Gasteiger partial charge in [-0.25, -0.2) is 0 Å². The van der Waals surface area contributed by atoms with Gasteiger partial charge < -0.3 is 14.7 Å². The van der Waals surface area contributed by atoms with Crippen LogP contribution in [0.4, 0.5) is 51.2 Å². The first-order chi connectivity index (χ1) is 66.9. The number of hydrogen-bond donors (Lipinski definition) is 0. The number of fused-ring (bicyclic) bond motifs is 9. The zero-order valence-corrected chi connectivity index (χ0v) is 83.1. The average molecular weight is 1790 g/mol. The Hall–Kier alpha value is -11.5. The van der Waals surface area contributed by atoms with Gasteiger partial charge >= 0.3 is 0 Å². The Labute approximate surface area is 818 Å². The van der Waals surface area contributed by atoms with Crippen molar-refractivity contribution in [3.63, 3.8) is 0 Å². The predicted octanol–water partition coefficient (Wildman–Crippen LogP) is 40.4. The molecule has 0 N–H and O–H groups in total. The molecule has 20 rings (SSSR count). The fourth-order valence-corrected chi connectivity index (χ4v) is 24.7. The maximum Gasteiger partial charge on any atom is 0.0465 e. The smallest absolute Gasteiger partial charge is 0.0465 e. The number of nitrogens with zero attached hydrogens (tertiary/aromatic N) is 3. The Bertz CT molecular complexity index is 6080. The summed E-state index contributed by atoms with van der Waals surface area (Å²) in [5.74, 6) is 2.04. The minimum absolute atomic E-state index is 0.0121. The Morgan fingerprint density at radius 1 is 0.191 bits per heavy atom. The maximum absolute atomic E-state index is 2.55. The minimum Gasteiger partial charge on any atom is -0.310 e. The second-order valence-corrected chi connectivity index (χ2v) is 42.0. The first-order valence-corrected chi connectivity index (χ1v) is 53.7. The Morgan fingerprint density at radius 3 is 0.706 bits per heavy atom. The molecule has 3 heteroatoms. The van der Waals surface area contributed by atoms with E-state index in [0.717, 1.165) is 0 Å². The van der Waals surface area contributed by atoms with Crippen LogP contribution in [0.1, 0.15) is 347 Å². The fraction of sp³-hybridized carbons (Fsp3) is 0.368. The highest BCUT2D eigenvalue weighted by molar-refractivity contribution is 5.90. The van der Waals surface area contributed by atoms with Crippen molar-refractivity contribution in [1.82, 2.24) is 0 Å². The van der Waals surface area contributed by atoms with Crippen LogP contribution in [0.5, 0.6) is 0 Å². The molecule has 14 aromatic carbocycles. The van der Waals surface area contributed by atoms with Crippen molar-refractivity contribution in [3.05, 3.63) is 390 Å². The summed E-state index contributed by atoms with van der Waals surface area (Å²) >= 11 is 0. The quantitative estimate of drug-likeness (QED) is 0.0848. The van der Waals surface area contributed by atoms with Gasteiger partial charge in [0.05, 0.1) is 0 Å². The van der Waals surface area contributed by atoms with Crippen LogP contribution in [-0.4, -0.2) is 0 Å². The maximum atomic E-state index is 2.55. The highest BCUT2D eigenvalue weighted by Crippen LogP contribution is 2.58. The lowest BCUT2D eigenvalue weighted by Crippen LogP contribution is -2.25. The normalized spacial score (nSPS) is 17.0. The van der Waals surface area contributed by atoms with E-state index >= 15 is 0 Å². The van der Waals surface area contributed by atoms with Crippen molar-refractivity contribution in [2.24, 2.45) is 0 Å². The van der Waals surface area contributed by atoms with E-state index in [1.165, 1.54) is 394 Å². The van der Waals surface area contributed by atoms with Crippen molar-refractivity contribution < 1.29 is 0 Å².